The molecule has 3 N–H and O–H groups in total. The Bertz CT molecular complexity index is 1210. The number of anilines is 1. The van der Waals surface area contributed by atoms with Crippen LogP contribution in [0.15, 0.2) is 42.2 Å². The number of nitrogen functional groups attached to an aromatic ring is 1. The van der Waals surface area contributed by atoms with Crippen LogP contribution in [0.1, 0.15) is 32.8 Å². The molecule has 0 radical (unpaired) electrons. The van der Waals surface area contributed by atoms with E-state index in [0.29, 0.717) is 29.6 Å². The summed E-state index contributed by atoms with van der Waals surface area (Å²) in [6.07, 6.45) is 3.34. The second-order valence-electron chi connectivity index (χ2n) is 8.66. The Balaban J connectivity index is 2.27. The van der Waals surface area contributed by atoms with Gasteiger partial charge in [0, 0.05) is 13.2 Å². The molecule has 0 saturated carbocycles. The lowest BCUT2D eigenvalue weighted by Gasteiger charge is -2.14. The number of aliphatic hydroxyl groups is 1. The van der Waals surface area contributed by atoms with Crippen LogP contribution in [-0.2, 0) is 11.3 Å². The fourth-order valence-corrected chi connectivity index (χ4v) is 3.42. The topological polar surface area (TPSA) is 127 Å². The number of esters is 1. The van der Waals surface area contributed by atoms with E-state index in [-0.39, 0.29) is 29.3 Å². The van der Waals surface area contributed by atoms with Gasteiger partial charge in [0.2, 0.25) is 5.88 Å². The summed E-state index contributed by atoms with van der Waals surface area (Å²) in [6.45, 7) is 7.94. The summed E-state index contributed by atoms with van der Waals surface area (Å²) in [4.78, 5) is 21.5. The van der Waals surface area contributed by atoms with Gasteiger partial charge >= 0.3 is 5.97 Å². The molecule has 3 rings (SSSR count). The average Bonchev–Trinajstić information content (AvgIpc) is 3.04. The molecular weight excluding hydrogens is 406 g/mol. The van der Waals surface area contributed by atoms with E-state index in [9.17, 15) is 15.2 Å². The summed E-state index contributed by atoms with van der Waals surface area (Å²) in [6, 6.07) is 9.63. The number of carbonyl (C=O) groups is 1. The molecule has 8 heteroatoms. The predicted octanol–water partition coefficient (Wildman–Crippen LogP) is 3.77. The number of aryl methyl sites for hydroxylation is 2. The Morgan fingerprint density at radius 1 is 1.28 bits per heavy atom. The summed E-state index contributed by atoms with van der Waals surface area (Å²) < 4.78 is 7.52. The highest BCUT2D eigenvalue weighted by atomic mass is 16.5. The lowest BCUT2D eigenvalue weighted by atomic mass is 9.94. The summed E-state index contributed by atoms with van der Waals surface area (Å²) in [7, 11) is 0. The van der Waals surface area contributed by atoms with Crippen molar-refractivity contribution in [3.63, 3.8) is 0 Å². The van der Waals surface area contributed by atoms with Crippen molar-refractivity contribution in [2.75, 3.05) is 12.3 Å². The van der Waals surface area contributed by atoms with Crippen LogP contribution in [0.3, 0.4) is 0 Å². The van der Waals surface area contributed by atoms with Crippen LogP contribution in [0.2, 0.25) is 0 Å². The van der Waals surface area contributed by atoms with E-state index >= 15 is 0 Å². The molecule has 2 heterocycles. The summed E-state index contributed by atoms with van der Waals surface area (Å²) >= 11 is 0. The summed E-state index contributed by atoms with van der Waals surface area (Å²) in [5.74, 6) is -0.309. The van der Waals surface area contributed by atoms with E-state index in [2.05, 4.69) is 9.97 Å². The molecule has 0 amide bonds. The van der Waals surface area contributed by atoms with Gasteiger partial charge in [0.1, 0.15) is 29.4 Å². The SMILES string of the molecule is Cc1ccc(-c2c(OC(=O)C(C#N)=CC(C)(C)C)n(CCCO)c3ncnc(N)c23)cc1. The van der Waals surface area contributed by atoms with Crippen molar-refractivity contribution in [2.24, 2.45) is 5.41 Å². The maximum absolute atomic E-state index is 13.0. The second-order valence-corrected chi connectivity index (χ2v) is 8.66. The lowest BCUT2D eigenvalue weighted by molar-refractivity contribution is -0.130. The van der Waals surface area contributed by atoms with Crippen molar-refractivity contribution in [1.29, 1.82) is 5.26 Å². The van der Waals surface area contributed by atoms with E-state index in [4.69, 9.17) is 10.5 Å². The molecule has 32 heavy (non-hydrogen) atoms. The Morgan fingerprint density at radius 3 is 2.56 bits per heavy atom. The minimum Gasteiger partial charge on any atom is -0.404 e. The molecule has 1 aromatic carbocycles. The number of allylic oxidation sites excluding steroid dienone is 1. The molecule has 8 nitrogen and oxygen atoms in total. The average molecular weight is 434 g/mol. The normalized spacial score (nSPS) is 12.1. The van der Waals surface area contributed by atoms with Gasteiger partial charge in [-0.05, 0) is 24.3 Å². The zero-order valence-corrected chi connectivity index (χ0v) is 18.7. The number of hydrogen-bond acceptors (Lipinski definition) is 7. The van der Waals surface area contributed by atoms with Crippen LogP contribution in [0.25, 0.3) is 22.2 Å². The first kappa shape index (κ1) is 23.0. The van der Waals surface area contributed by atoms with Crippen LogP contribution < -0.4 is 10.5 Å². The summed E-state index contributed by atoms with van der Waals surface area (Å²) in [5, 5.41) is 19.5. The largest absolute Gasteiger partial charge is 0.404 e. The number of nitrogens with zero attached hydrogens (tertiary/aromatic N) is 4. The fourth-order valence-electron chi connectivity index (χ4n) is 3.42. The highest BCUT2D eigenvalue weighted by Gasteiger charge is 2.27. The van der Waals surface area contributed by atoms with Crippen LogP contribution in [0.4, 0.5) is 5.82 Å². The highest BCUT2D eigenvalue weighted by Crippen LogP contribution is 2.42. The molecule has 166 valence electrons. The molecular formula is C24H27N5O3. The monoisotopic (exact) mass is 433 g/mol. The van der Waals surface area contributed by atoms with Crippen LogP contribution in [0.5, 0.6) is 5.88 Å². The number of nitriles is 1. The van der Waals surface area contributed by atoms with Crippen molar-refractivity contribution in [3.8, 4) is 23.1 Å². The first-order valence-corrected chi connectivity index (χ1v) is 10.3. The molecule has 0 atom stereocenters. The lowest BCUT2D eigenvalue weighted by Crippen LogP contribution is -2.16. The van der Waals surface area contributed by atoms with Gasteiger partial charge in [0.05, 0.1) is 10.9 Å². The number of benzene rings is 1. The maximum Gasteiger partial charge on any atom is 0.355 e. The molecule has 0 spiro atoms. The Labute approximate surface area is 187 Å². The first-order chi connectivity index (χ1) is 15.2. The standard InChI is InChI=1S/C24H27N5O3/c1-15-6-8-16(9-7-15)18-19-20(26)27-14-28-21(19)29(10-5-11-30)22(18)32-23(31)17(13-25)12-24(2,3)4/h6-9,12,14,30H,5,10-11H2,1-4H3,(H2,26,27,28). The third-order valence-corrected chi connectivity index (χ3v) is 4.81. The van der Waals surface area contributed by atoms with Gasteiger partial charge in [-0.2, -0.15) is 5.26 Å². The third-order valence-electron chi connectivity index (χ3n) is 4.81. The zero-order valence-electron chi connectivity index (χ0n) is 18.7. The Kier molecular flexibility index (Phi) is 6.61. The van der Waals surface area contributed by atoms with Crippen molar-refractivity contribution in [3.05, 3.63) is 47.8 Å². The van der Waals surface area contributed by atoms with E-state index in [1.165, 1.54) is 6.33 Å². The minimum atomic E-state index is -0.768. The van der Waals surface area contributed by atoms with Gasteiger partial charge < -0.3 is 15.6 Å². The van der Waals surface area contributed by atoms with E-state index in [0.717, 1.165) is 11.1 Å². The van der Waals surface area contributed by atoms with Gasteiger partial charge in [-0.1, -0.05) is 56.7 Å². The molecule has 0 bridgehead atoms. The number of ether oxygens (including phenoxy) is 1. The second kappa shape index (κ2) is 9.20. The number of hydrogen-bond donors (Lipinski definition) is 2. The molecule has 0 saturated heterocycles. The highest BCUT2D eigenvalue weighted by molar-refractivity contribution is 6.05. The quantitative estimate of drug-likeness (QED) is 0.344. The first-order valence-electron chi connectivity index (χ1n) is 10.3. The zero-order chi connectivity index (χ0) is 23.5. The van der Waals surface area contributed by atoms with Crippen molar-refractivity contribution in [2.45, 2.75) is 40.7 Å². The Hall–Kier alpha value is -3.70. The fraction of sp³-hybridized carbons (Fsp3) is 0.333. The Morgan fingerprint density at radius 2 is 1.97 bits per heavy atom. The molecule has 0 fully saturated rings. The number of fused-ring (bicyclic) bond motifs is 1. The molecule has 3 aromatic rings. The maximum atomic E-state index is 13.0. The minimum absolute atomic E-state index is 0.0547. The van der Waals surface area contributed by atoms with Crippen LogP contribution in [0, 0.1) is 23.7 Å². The van der Waals surface area contributed by atoms with Crippen LogP contribution >= 0.6 is 0 Å². The van der Waals surface area contributed by atoms with E-state index in [1.807, 2.05) is 58.0 Å². The number of carbonyl (C=O) groups excluding carboxylic acids is 1. The number of aromatic nitrogens is 3. The summed E-state index contributed by atoms with van der Waals surface area (Å²) in [5.41, 5.74) is 8.63. The number of rotatable bonds is 6. The van der Waals surface area contributed by atoms with Gasteiger partial charge in [-0.3, -0.25) is 4.57 Å². The molecule has 0 unspecified atom stereocenters. The molecule has 0 aliphatic rings. The van der Waals surface area contributed by atoms with E-state index in [1.54, 1.807) is 10.6 Å². The van der Waals surface area contributed by atoms with Crippen molar-refractivity contribution < 1.29 is 14.6 Å². The smallest absolute Gasteiger partial charge is 0.355 e. The van der Waals surface area contributed by atoms with Gasteiger partial charge in [-0.25, -0.2) is 14.8 Å². The van der Waals surface area contributed by atoms with Crippen molar-refractivity contribution in [1.82, 2.24) is 14.5 Å². The van der Waals surface area contributed by atoms with Crippen LogP contribution in [-0.4, -0.2) is 32.2 Å². The van der Waals surface area contributed by atoms with Gasteiger partial charge in [0.25, 0.3) is 0 Å². The predicted molar refractivity (Wildman–Crippen MR) is 123 cm³/mol. The molecule has 0 aliphatic carbocycles. The van der Waals surface area contributed by atoms with E-state index < -0.39 is 5.97 Å². The van der Waals surface area contributed by atoms with Gasteiger partial charge in [-0.15, -0.1) is 0 Å². The van der Waals surface area contributed by atoms with Crippen molar-refractivity contribution >= 4 is 22.8 Å². The molecule has 2 aromatic heterocycles. The number of aliphatic hydroxyl groups excluding tert-OH is 1. The molecule has 0 aliphatic heterocycles. The third kappa shape index (κ3) is 4.79. The van der Waals surface area contributed by atoms with Gasteiger partial charge in [0.15, 0.2) is 0 Å². The number of nitrogens with two attached hydrogens (primary N) is 1.